The van der Waals surface area contributed by atoms with E-state index in [-0.39, 0.29) is 11.9 Å². The Balaban J connectivity index is 2.12. The molecule has 0 radical (unpaired) electrons. The van der Waals surface area contributed by atoms with E-state index in [1.165, 1.54) is 0 Å². The van der Waals surface area contributed by atoms with E-state index in [1.54, 1.807) is 17.0 Å². The Morgan fingerprint density at radius 1 is 1.47 bits per heavy atom. The van der Waals surface area contributed by atoms with Crippen LogP contribution in [-0.4, -0.2) is 25.0 Å². The monoisotopic (exact) mass is 229 g/mol. The van der Waals surface area contributed by atoms with E-state index in [0.717, 1.165) is 12.2 Å². The van der Waals surface area contributed by atoms with E-state index in [2.05, 4.69) is 11.4 Å². The third-order valence-corrected chi connectivity index (χ3v) is 2.93. The number of amides is 1. The van der Waals surface area contributed by atoms with Gasteiger partial charge in [0.1, 0.15) is 0 Å². The minimum Gasteiger partial charge on any atom is -0.312 e. The van der Waals surface area contributed by atoms with Gasteiger partial charge in [-0.05, 0) is 30.8 Å². The van der Waals surface area contributed by atoms with Crippen molar-refractivity contribution in [2.24, 2.45) is 0 Å². The molecule has 1 aromatic rings. The van der Waals surface area contributed by atoms with Crippen LogP contribution in [0.15, 0.2) is 24.3 Å². The first kappa shape index (κ1) is 11.6. The second kappa shape index (κ2) is 4.98. The molecule has 1 fully saturated rings. The summed E-state index contributed by atoms with van der Waals surface area (Å²) in [5.74, 6) is 0.139. The highest BCUT2D eigenvalue weighted by molar-refractivity contribution is 5.96. The van der Waals surface area contributed by atoms with Crippen molar-refractivity contribution >= 4 is 11.6 Å². The van der Waals surface area contributed by atoms with Crippen molar-refractivity contribution in [1.82, 2.24) is 5.32 Å². The largest absolute Gasteiger partial charge is 0.312 e. The summed E-state index contributed by atoms with van der Waals surface area (Å²) >= 11 is 0. The fourth-order valence-electron chi connectivity index (χ4n) is 2.10. The molecule has 1 aliphatic heterocycles. The Labute approximate surface area is 101 Å². The Hall–Kier alpha value is -1.86. The van der Waals surface area contributed by atoms with E-state index < -0.39 is 0 Å². The molecule has 1 unspecified atom stereocenters. The number of anilines is 1. The molecule has 1 atom stereocenters. The molecule has 0 bridgehead atoms. The molecular weight excluding hydrogens is 214 g/mol. The predicted molar refractivity (Wildman–Crippen MR) is 65.6 cm³/mol. The van der Waals surface area contributed by atoms with Crippen molar-refractivity contribution in [1.29, 1.82) is 5.26 Å². The zero-order valence-corrected chi connectivity index (χ0v) is 9.81. The van der Waals surface area contributed by atoms with Crippen LogP contribution in [0, 0.1) is 11.3 Å². The van der Waals surface area contributed by atoms with Crippen molar-refractivity contribution < 1.29 is 4.79 Å². The summed E-state index contributed by atoms with van der Waals surface area (Å²) in [4.78, 5) is 13.6. The number of nitrogens with one attached hydrogen (secondary N) is 1. The Morgan fingerprint density at radius 2 is 2.18 bits per heavy atom. The first-order valence-corrected chi connectivity index (χ1v) is 5.78. The van der Waals surface area contributed by atoms with Crippen LogP contribution in [-0.2, 0) is 4.79 Å². The molecule has 17 heavy (non-hydrogen) atoms. The van der Waals surface area contributed by atoms with Crippen LogP contribution in [0.25, 0.3) is 0 Å². The maximum Gasteiger partial charge on any atom is 0.228 e. The zero-order chi connectivity index (χ0) is 12.3. The molecule has 1 N–H and O–H groups in total. The highest BCUT2D eigenvalue weighted by Crippen LogP contribution is 2.21. The number of likely N-dealkylation sites (N-methyl/N-ethyl adjacent to an activating group) is 1. The van der Waals surface area contributed by atoms with Crippen LogP contribution >= 0.6 is 0 Å². The number of nitrogens with zero attached hydrogens (tertiary/aromatic N) is 2. The molecule has 0 aliphatic carbocycles. The van der Waals surface area contributed by atoms with Gasteiger partial charge in [-0.1, -0.05) is 6.92 Å². The maximum absolute atomic E-state index is 11.8. The van der Waals surface area contributed by atoms with E-state index >= 15 is 0 Å². The number of carbonyl (C=O) groups excluding carboxylic acids is 1. The lowest BCUT2D eigenvalue weighted by atomic mass is 10.2. The number of nitriles is 1. The van der Waals surface area contributed by atoms with Crippen molar-refractivity contribution in [3.05, 3.63) is 29.8 Å². The van der Waals surface area contributed by atoms with Gasteiger partial charge in [0, 0.05) is 24.7 Å². The van der Waals surface area contributed by atoms with E-state index in [0.29, 0.717) is 18.5 Å². The highest BCUT2D eigenvalue weighted by atomic mass is 16.2. The standard InChI is InChI=1S/C13H15N3O/c1-2-15-11-7-13(17)16(9-11)12-5-3-10(8-14)4-6-12/h3-6,11,15H,2,7,9H2,1H3. The minimum absolute atomic E-state index is 0.139. The minimum atomic E-state index is 0.139. The van der Waals surface area contributed by atoms with Crippen LogP contribution in [0.4, 0.5) is 5.69 Å². The molecule has 0 aromatic heterocycles. The van der Waals surface area contributed by atoms with Gasteiger partial charge in [-0.15, -0.1) is 0 Å². The van der Waals surface area contributed by atoms with Gasteiger partial charge in [0.05, 0.1) is 11.6 Å². The van der Waals surface area contributed by atoms with Crippen molar-refractivity contribution in [3.63, 3.8) is 0 Å². The fourth-order valence-corrected chi connectivity index (χ4v) is 2.10. The lowest BCUT2D eigenvalue weighted by Gasteiger charge is -2.16. The molecule has 1 aromatic carbocycles. The van der Waals surface area contributed by atoms with Gasteiger partial charge in [-0.3, -0.25) is 4.79 Å². The van der Waals surface area contributed by atoms with E-state index in [4.69, 9.17) is 5.26 Å². The van der Waals surface area contributed by atoms with Crippen LogP contribution < -0.4 is 10.2 Å². The van der Waals surface area contributed by atoms with E-state index in [1.807, 2.05) is 19.1 Å². The Morgan fingerprint density at radius 3 is 2.76 bits per heavy atom. The second-order valence-corrected chi connectivity index (χ2v) is 4.12. The lowest BCUT2D eigenvalue weighted by Crippen LogP contribution is -2.32. The number of rotatable bonds is 3. The topological polar surface area (TPSA) is 56.1 Å². The normalized spacial score (nSPS) is 19.4. The zero-order valence-electron chi connectivity index (χ0n) is 9.81. The summed E-state index contributed by atoms with van der Waals surface area (Å²) < 4.78 is 0. The van der Waals surface area contributed by atoms with Gasteiger partial charge >= 0.3 is 0 Å². The summed E-state index contributed by atoms with van der Waals surface area (Å²) in [7, 11) is 0. The predicted octanol–water partition coefficient (Wildman–Crippen LogP) is 1.27. The Bertz CT molecular complexity index is 447. The fraction of sp³-hybridized carbons (Fsp3) is 0.385. The van der Waals surface area contributed by atoms with Crippen molar-refractivity contribution in [2.45, 2.75) is 19.4 Å². The number of benzene rings is 1. The van der Waals surface area contributed by atoms with E-state index in [9.17, 15) is 4.79 Å². The molecule has 1 amide bonds. The maximum atomic E-state index is 11.8. The van der Waals surface area contributed by atoms with Crippen LogP contribution in [0.2, 0.25) is 0 Å². The van der Waals surface area contributed by atoms with Crippen LogP contribution in [0.1, 0.15) is 18.9 Å². The molecule has 1 saturated heterocycles. The SMILES string of the molecule is CCNC1CC(=O)N(c2ccc(C#N)cc2)C1. The molecule has 0 saturated carbocycles. The van der Waals surface area contributed by atoms with Gasteiger partial charge in [0.15, 0.2) is 0 Å². The van der Waals surface area contributed by atoms with Gasteiger partial charge in [-0.2, -0.15) is 5.26 Å². The first-order valence-electron chi connectivity index (χ1n) is 5.78. The molecular formula is C13H15N3O. The quantitative estimate of drug-likeness (QED) is 0.849. The number of hydrogen-bond donors (Lipinski definition) is 1. The summed E-state index contributed by atoms with van der Waals surface area (Å²) in [6.07, 6.45) is 0.549. The average Bonchev–Trinajstić information content (AvgIpc) is 2.71. The summed E-state index contributed by atoms with van der Waals surface area (Å²) in [6.45, 7) is 3.62. The highest BCUT2D eigenvalue weighted by Gasteiger charge is 2.29. The van der Waals surface area contributed by atoms with Crippen molar-refractivity contribution in [2.75, 3.05) is 18.0 Å². The van der Waals surface area contributed by atoms with Gasteiger partial charge < -0.3 is 10.2 Å². The van der Waals surface area contributed by atoms with Crippen molar-refractivity contribution in [3.8, 4) is 6.07 Å². The van der Waals surface area contributed by atoms with Gasteiger partial charge in [-0.25, -0.2) is 0 Å². The second-order valence-electron chi connectivity index (χ2n) is 4.12. The summed E-state index contributed by atoms with van der Waals surface area (Å²) in [5.41, 5.74) is 1.48. The summed E-state index contributed by atoms with van der Waals surface area (Å²) in [5, 5.41) is 12.0. The third-order valence-electron chi connectivity index (χ3n) is 2.93. The average molecular weight is 229 g/mol. The molecule has 1 heterocycles. The smallest absolute Gasteiger partial charge is 0.228 e. The number of carbonyl (C=O) groups is 1. The van der Waals surface area contributed by atoms with Gasteiger partial charge in [0.2, 0.25) is 5.91 Å². The Kier molecular flexibility index (Phi) is 3.40. The van der Waals surface area contributed by atoms with Crippen LogP contribution in [0.3, 0.4) is 0 Å². The molecule has 1 aliphatic rings. The summed E-state index contributed by atoms with van der Waals surface area (Å²) in [6, 6.07) is 9.44. The number of hydrogen-bond acceptors (Lipinski definition) is 3. The molecule has 0 spiro atoms. The lowest BCUT2D eigenvalue weighted by molar-refractivity contribution is -0.117. The first-order chi connectivity index (χ1) is 8.24. The molecule has 88 valence electrons. The van der Waals surface area contributed by atoms with Gasteiger partial charge in [0.25, 0.3) is 0 Å². The third kappa shape index (κ3) is 2.45. The molecule has 2 rings (SSSR count). The van der Waals surface area contributed by atoms with Crippen LogP contribution in [0.5, 0.6) is 0 Å². The molecule has 4 heteroatoms. The molecule has 4 nitrogen and oxygen atoms in total.